The number of methoxy groups -OCH3 is 1. The number of aromatic nitrogens is 3. The molecule has 1 aliphatic rings. The van der Waals surface area contributed by atoms with Gasteiger partial charge in [0.2, 0.25) is 5.91 Å². The van der Waals surface area contributed by atoms with Crippen molar-refractivity contribution in [3.8, 4) is 0 Å². The number of benzene rings is 1. The Bertz CT molecular complexity index is 1390. The van der Waals surface area contributed by atoms with Gasteiger partial charge in [-0.25, -0.2) is 19.0 Å². The number of carbonyl (C=O) groups excluding carboxylic acids is 2. The Hall–Kier alpha value is -3.82. The van der Waals surface area contributed by atoms with E-state index in [1.807, 2.05) is 0 Å². The van der Waals surface area contributed by atoms with Crippen LogP contribution in [0, 0.1) is 12.7 Å². The lowest BCUT2D eigenvalue weighted by atomic mass is 10.1. The van der Waals surface area contributed by atoms with Crippen LogP contribution in [-0.2, 0) is 23.1 Å². The van der Waals surface area contributed by atoms with Crippen molar-refractivity contribution < 1.29 is 18.7 Å². The molecule has 3 aromatic rings. The first kappa shape index (κ1) is 21.4. The van der Waals surface area contributed by atoms with Gasteiger partial charge in [-0.1, -0.05) is 6.07 Å². The summed E-state index contributed by atoms with van der Waals surface area (Å²) in [6.07, 6.45) is 1.81. The van der Waals surface area contributed by atoms with Gasteiger partial charge in [0, 0.05) is 24.3 Å². The zero-order valence-electron chi connectivity index (χ0n) is 17.8. The summed E-state index contributed by atoms with van der Waals surface area (Å²) in [5.41, 5.74) is -0.320. The molecular weight excluding hydrogens is 419 g/mol. The quantitative estimate of drug-likeness (QED) is 0.606. The molecule has 1 saturated carbocycles. The van der Waals surface area contributed by atoms with Crippen molar-refractivity contribution in [3.05, 3.63) is 67.7 Å². The van der Waals surface area contributed by atoms with Gasteiger partial charge in [0.05, 0.1) is 18.1 Å². The van der Waals surface area contributed by atoms with Gasteiger partial charge in [-0.15, -0.1) is 0 Å². The van der Waals surface area contributed by atoms with Gasteiger partial charge in [0.15, 0.2) is 0 Å². The minimum atomic E-state index is -0.830. The third-order valence-electron chi connectivity index (χ3n) is 5.47. The van der Waals surface area contributed by atoms with Crippen LogP contribution in [0.4, 0.5) is 10.1 Å². The van der Waals surface area contributed by atoms with Crippen molar-refractivity contribution in [3.63, 3.8) is 0 Å². The largest absolute Gasteiger partial charge is 0.465 e. The van der Waals surface area contributed by atoms with Gasteiger partial charge >= 0.3 is 11.7 Å². The number of aryl methyl sites for hydroxylation is 2. The molecule has 1 amide bonds. The van der Waals surface area contributed by atoms with E-state index in [4.69, 9.17) is 4.74 Å². The second-order valence-corrected chi connectivity index (χ2v) is 7.80. The van der Waals surface area contributed by atoms with Crippen LogP contribution in [0.5, 0.6) is 0 Å². The van der Waals surface area contributed by atoms with Gasteiger partial charge < -0.3 is 10.1 Å². The zero-order chi connectivity index (χ0) is 23.2. The molecule has 1 fully saturated rings. The summed E-state index contributed by atoms with van der Waals surface area (Å²) < 4.78 is 20.4. The number of rotatable bonds is 5. The number of hydrogen-bond acceptors (Lipinski definition) is 6. The number of amides is 1. The highest BCUT2D eigenvalue weighted by molar-refractivity contribution is 6.02. The average Bonchev–Trinajstić information content (AvgIpc) is 3.61. The molecule has 2 aromatic heterocycles. The fourth-order valence-corrected chi connectivity index (χ4v) is 3.51. The van der Waals surface area contributed by atoms with Gasteiger partial charge in [-0.2, -0.15) is 0 Å². The highest BCUT2D eigenvalue weighted by atomic mass is 19.1. The maximum Gasteiger partial charge on any atom is 0.338 e. The van der Waals surface area contributed by atoms with Crippen molar-refractivity contribution in [2.45, 2.75) is 32.2 Å². The van der Waals surface area contributed by atoms with Crippen molar-refractivity contribution in [2.75, 3.05) is 12.4 Å². The molecule has 0 bridgehead atoms. The van der Waals surface area contributed by atoms with Crippen LogP contribution in [0.25, 0.3) is 11.0 Å². The van der Waals surface area contributed by atoms with Crippen LogP contribution in [0.1, 0.15) is 40.4 Å². The summed E-state index contributed by atoms with van der Waals surface area (Å²) >= 11 is 0. The molecule has 32 heavy (non-hydrogen) atoms. The fraction of sp³-hybridized carbons (Fsp3) is 0.318. The van der Waals surface area contributed by atoms with Gasteiger partial charge in [-0.3, -0.25) is 18.7 Å². The minimum Gasteiger partial charge on any atom is -0.465 e. The van der Waals surface area contributed by atoms with Crippen LogP contribution >= 0.6 is 0 Å². The molecule has 4 rings (SSSR count). The Morgan fingerprint density at radius 2 is 1.97 bits per heavy atom. The summed E-state index contributed by atoms with van der Waals surface area (Å²) in [5.74, 6) is -1.77. The predicted molar refractivity (Wildman–Crippen MR) is 114 cm³/mol. The molecule has 1 aliphatic carbocycles. The topological polar surface area (TPSA) is 112 Å². The molecule has 2 heterocycles. The van der Waals surface area contributed by atoms with Crippen molar-refractivity contribution in [1.29, 1.82) is 0 Å². The molecule has 10 heteroatoms. The number of hydrogen-bond donors (Lipinski definition) is 1. The molecule has 0 saturated heterocycles. The van der Waals surface area contributed by atoms with Gasteiger partial charge in [0.25, 0.3) is 5.56 Å². The summed E-state index contributed by atoms with van der Waals surface area (Å²) in [5, 5.41) is 2.37. The van der Waals surface area contributed by atoms with Crippen molar-refractivity contribution >= 4 is 28.6 Å². The Morgan fingerprint density at radius 3 is 2.59 bits per heavy atom. The Morgan fingerprint density at radius 1 is 1.25 bits per heavy atom. The Balaban J connectivity index is 1.79. The monoisotopic (exact) mass is 440 g/mol. The number of anilines is 1. The average molecular weight is 440 g/mol. The molecule has 0 atom stereocenters. The zero-order valence-corrected chi connectivity index (χ0v) is 17.8. The maximum absolute atomic E-state index is 13.7. The lowest BCUT2D eigenvalue weighted by molar-refractivity contribution is -0.116. The summed E-state index contributed by atoms with van der Waals surface area (Å²) in [4.78, 5) is 55.4. The second kappa shape index (κ2) is 8.03. The first-order chi connectivity index (χ1) is 15.2. The SMILES string of the molecule is COC(=O)c1cc(C2CC2)nc2c1c(=O)n(CC(=O)Nc1ccc(C)c(F)c1)c(=O)n2C. The normalized spacial score (nSPS) is 13.2. The number of ether oxygens (including phenoxy) is 1. The molecule has 0 unspecified atom stereocenters. The van der Waals surface area contributed by atoms with Crippen LogP contribution < -0.4 is 16.6 Å². The first-order valence-corrected chi connectivity index (χ1v) is 10.00. The van der Waals surface area contributed by atoms with Crippen LogP contribution in [0.15, 0.2) is 33.9 Å². The Kier molecular flexibility index (Phi) is 5.37. The number of carbonyl (C=O) groups is 2. The number of nitrogens with zero attached hydrogens (tertiary/aromatic N) is 3. The fourth-order valence-electron chi connectivity index (χ4n) is 3.51. The smallest absolute Gasteiger partial charge is 0.338 e. The number of esters is 1. The van der Waals surface area contributed by atoms with E-state index >= 15 is 0 Å². The van der Waals surface area contributed by atoms with Crippen LogP contribution in [0.2, 0.25) is 0 Å². The van der Waals surface area contributed by atoms with Gasteiger partial charge in [0.1, 0.15) is 18.0 Å². The number of halogens is 1. The minimum absolute atomic E-state index is 0.00485. The standard InChI is InChI=1S/C22H21FN4O5/c1-11-4-7-13(8-15(11)23)24-17(28)10-27-20(29)18-14(21(30)32-3)9-16(12-5-6-12)25-19(18)26(2)22(27)31/h4,7-9,12H,5-6,10H2,1-3H3,(H,24,28). The molecule has 0 spiro atoms. The van der Waals surface area contributed by atoms with E-state index < -0.39 is 35.5 Å². The van der Waals surface area contributed by atoms with Gasteiger partial charge in [-0.05, 0) is 43.5 Å². The third kappa shape index (κ3) is 3.79. The molecule has 9 nitrogen and oxygen atoms in total. The molecule has 1 aromatic carbocycles. The number of fused-ring (bicyclic) bond motifs is 1. The molecule has 1 N–H and O–H groups in total. The summed E-state index contributed by atoms with van der Waals surface area (Å²) in [7, 11) is 2.61. The van der Waals surface area contributed by atoms with E-state index in [-0.39, 0.29) is 28.2 Å². The van der Waals surface area contributed by atoms with E-state index in [2.05, 4.69) is 10.3 Å². The highest BCUT2D eigenvalue weighted by Crippen LogP contribution is 2.39. The summed E-state index contributed by atoms with van der Waals surface area (Å²) in [6, 6.07) is 5.67. The third-order valence-corrected chi connectivity index (χ3v) is 5.47. The van der Waals surface area contributed by atoms with Crippen molar-refractivity contribution in [1.82, 2.24) is 14.1 Å². The molecule has 0 radical (unpaired) electrons. The number of nitrogens with one attached hydrogen (secondary N) is 1. The first-order valence-electron chi connectivity index (χ1n) is 10.00. The molecule has 166 valence electrons. The van der Waals surface area contributed by atoms with E-state index in [1.54, 1.807) is 6.92 Å². The van der Waals surface area contributed by atoms with Crippen molar-refractivity contribution in [2.24, 2.45) is 7.05 Å². The predicted octanol–water partition coefficient (Wildman–Crippen LogP) is 1.85. The lowest BCUT2D eigenvalue weighted by Crippen LogP contribution is -2.42. The molecular formula is C22H21FN4O5. The van der Waals surface area contributed by atoms with E-state index in [0.717, 1.165) is 23.5 Å². The van der Waals surface area contributed by atoms with Crippen LogP contribution in [-0.4, -0.2) is 33.1 Å². The molecule has 0 aliphatic heterocycles. The lowest BCUT2D eigenvalue weighted by Gasteiger charge is -2.14. The maximum atomic E-state index is 13.7. The van der Waals surface area contributed by atoms with Crippen LogP contribution in [0.3, 0.4) is 0 Å². The van der Waals surface area contributed by atoms with E-state index in [0.29, 0.717) is 15.8 Å². The number of pyridine rings is 1. The summed E-state index contributed by atoms with van der Waals surface area (Å²) in [6.45, 7) is 0.961. The van der Waals surface area contributed by atoms with E-state index in [1.165, 1.54) is 32.4 Å². The highest BCUT2D eigenvalue weighted by Gasteiger charge is 2.29. The van der Waals surface area contributed by atoms with E-state index in [9.17, 15) is 23.6 Å². The Labute approximate surface area is 181 Å². The second-order valence-electron chi connectivity index (χ2n) is 7.80.